The lowest BCUT2D eigenvalue weighted by Crippen LogP contribution is -2.72. The zero-order chi connectivity index (χ0) is 35.3. The smallest absolute Gasteiger partial charge is 0.313 e. The van der Waals surface area contributed by atoms with Gasteiger partial charge in [-0.05, 0) is 12.1 Å². The van der Waals surface area contributed by atoms with Gasteiger partial charge in [-0.15, -0.1) is 0 Å². The second kappa shape index (κ2) is 15.7. The molecule has 11 atom stereocenters. The molecule has 4 heterocycles. The van der Waals surface area contributed by atoms with Crippen molar-refractivity contribution in [1.29, 1.82) is 0 Å². The average molecular weight is 698 g/mol. The van der Waals surface area contributed by atoms with Crippen molar-refractivity contribution in [2.24, 2.45) is 5.92 Å². The second-order valence-electron chi connectivity index (χ2n) is 11.0. The SMILES string of the molecule is CC(=O)OC[C@H]1O[C@@H](O[C@H]2[C@H](OC(C)=O)[C@H]3OC(=O)[C@@H]2[C@H](Sc2ccccn2)[C@H]3OC(C)=O)[C@H](OC(C)=O)[C@@H](OC(C)=O)[C@@H]1OC(C)=O. The van der Waals surface area contributed by atoms with Gasteiger partial charge in [0.2, 0.25) is 0 Å². The number of ether oxygens (including phenoxy) is 9. The molecule has 4 aliphatic rings. The van der Waals surface area contributed by atoms with Crippen molar-refractivity contribution < 1.29 is 76.2 Å². The number of carbonyl (C=O) groups is 7. The van der Waals surface area contributed by atoms with E-state index in [2.05, 4.69) is 4.98 Å². The molecule has 1 aliphatic carbocycles. The van der Waals surface area contributed by atoms with Crippen molar-refractivity contribution in [3.8, 4) is 0 Å². The Bertz CT molecular complexity index is 1410. The number of pyridine rings is 1. The summed E-state index contributed by atoms with van der Waals surface area (Å²) in [6.07, 6.45) is -11.5. The van der Waals surface area contributed by atoms with Crippen LogP contribution in [0.15, 0.2) is 29.4 Å². The lowest BCUT2D eigenvalue weighted by Gasteiger charge is -2.53. The van der Waals surface area contributed by atoms with Gasteiger partial charge in [0.1, 0.15) is 24.7 Å². The molecule has 18 heteroatoms. The summed E-state index contributed by atoms with van der Waals surface area (Å²) in [5.41, 5.74) is 0. The van der Waals surface area contributed by atoms with Crippen molar-refractivity contribution in [2.45, 2.75) is 107 Å². The number of nitrogens with zero attached hydrogens (tertiary/aromatic N) is 1. The molecule has 0 aromatic carbocycles. The van der Waals surface area contributed by atoms with Crippen molar-refractivity contribution in [3.05, 3.63) is 24.4 Å². The van der Waals surface area contributed by atoms with Crippen molar-refractivity contribution >= 4 is 53.5 Å². The number of esters is 7. The van der Waals surface area contributed by atoms with E-state index in [9.17, 15) is 33.6 Å². The standard InChI is InChI=1S/C30H35NO16S/c1-12(32)39-11-18-21(40-13(2)33)23(41-14(3)34)27(44-17(6)37)30(45-18)47-22-20-28(48-19-9-7-8-10-31-19)26(43-16(5)36)25(46-29(20)38)24(22)42-15(4)35/h7-10,18,20-28,30H,11H2,1-6H3/t18-,20+,21-,22-,23+,24+,25-,26+,27-,28+,30+/m1/s1. The number of hydrogen-bond acceptors (Lipinski definition) is 18. The number of thioether (sulfide) groups is 1. The third-order valence-electron chi connectivity index (χ3n) is 7.27. The predicted octanol–water partition coefficient (Wildman–Crippen LogP) is 0.429. The minimum atomic E-state index is -1.71. The molecule has 3 saturated heterocycles. The third kappa shape index (κ3) is 8.78. The van der Waals surface area contributed by atoms with Gasteiger partial charge in [0.15, 0.2) is 42.9 Å². The first-order valence-corrected chi connectivity index (χ1v) is 15.6. The lowest BCUT2D eigenvalue weighted by molar-refractivity contribution is -0.338. The van der Waals surface area contributed by atoms with Crippen LogP contribution in [-0.4, -0.2) is 114 Å². The molecule has 2 bridgehead atoms. The molecule has 262 valence electrons. The zero-order valence-corrected chi connectivity index (χ0v) is 27.6. The minimum absolute atomic E-state index is 0.454. The molecule has 0 unspecified atom stereocenters. The zero-order valence-electron chi connectivity index (χ0n) is 26.8. The van der Waals surface area contributed by atoms with Gasteiger partial charge < -0.3 is 42.6 Å². The third-order valence-corrected chi connectivity index (χ3v) is 8.58. The molecule has 0 radical (unpaired) electrons. The summed E-state index contributed by atoms with van der Waals surface area (Å²) < 4.78 is 50.7. The van der Waals surface area contributed by atoms with Crippen LogP contribution in [0.1, 0.15) is 41.5 Å². The Morgan fingerprint density at radius 1 is 0.708 bits per heavy atom. The Morgan fingerprint density at radius 3 is 1.83 bits per heavy atom. The maximum absolute atomic E-state index is 13.5. The summed E-state index contributed by atoms with van der Waals surface area (Å²) >= 11 is 1.09. The first-order chi connectivity index (χ1) is 22.7. The van der Waals surface area contributed by atoms with Crippen LogP contribution in [0.25, 0.3) is 0 Å². The summed E-state index contributed by atoms with van der Waals surface area (Å²) in [4.78, 5) is 90.8. The van der Waals surface area contributed by atoms with Gasteiger partial charge in [0, 0.05) is 47.7 Å². The number of carbonyl (C=O) groups excluding carboxylic acids is 7. The first kappa shape index (κ1) is 36.5. The molecule has 1 aromatic heterocycles. The Labute approximate surface area is 278 Å². The van der Waals surface area contributed by atoms with Crippen LogP contribution in [-0.2, 0) is 76.2 Å². The van der Waals surface area contributed by atoms with E-state index in [0.717, 1.165) is 46.4 Å². The topological polar surface area (TPSA) is 215 Å². The molecule has 1 aromatic rings. The monoisotopic (exact) mass is 697 g/mol. The van der Waals surface area contributed by atoms with Crippen LogP contribution >= 0.6 is 11.8 Å². The first-order valence-electron chi connectivity index (χ1n) is 14.7. The summed E-state index contributed by atoms with van der Waals surface area (Å²) in [5, 5.41) is -0.451. The van der Waals surface area contributed by atoms with Gasteiger partial charge in [-0.2, -0.15) is 0 Å². The minimum Gasteiger partial charge on any atom is -0.463 e. The molecular weight excluding hydrogens is 662 g/mol. The predicted molar refractivity (Wildman–Crippen MR) is 155 cm³/mol. The van der Waals surface area contributed by atoms with E-state index >= 15 is 0 Å². The molecule has 0 spiro atoms. The normalized spacial score (nSPS) is 32.2. The van der Waals surface area contributed by atoms with Crippen LogP contribution in [0.4, 0.5) is 0 Å². The molecule has 17 nitrogen and oxygen atoms in total. The Balaban J connectivity index is 1.80. The molecule has 48 heavy (non-hydrogen) atoms. The van der Waals surface area contributed by atoms with Crippen molar-refractivity contribution in [2.75, 3.05) is 6.61 Å². The summed E-state index contributed by atoms with van der Waals surface area (Å²) in [7, 11) is 0. The van der Waals surface area contributed by atoms with Crippen LogP contribution in [0.5, 0.6) is 0 Å². The highest BCUT2D eigenvalue weighted by atomic mass is 32.2. The van der Waals surface area contributed by atoms with E-state index in [-0.39, 0.29) is 0 Å². The van der Waals surface area contributed by atoms with E-state index in [1.54, 1.807) is 18.2 Å². The molecule has 4 fully saturated rings. The Morgan fingerprint density at radius 2 is 1.27 bits per heavy atom. The maximum atomic E-state index is 13.5. The van der Waals surface area contributed by atoms with Crippen LogP contribution < -0.4 is 0 Å². The Kier molecular flexibility index (Phi) is 12.0. The van der Waals surface area contributed by atoms with Crippen LogP contribution in [0, 0.1) is 5.92 Å². The van der Waals surface area contributed by atoms with E-state index in [4.69, 9.17) is 42.6 Å². The fourth-order valence-electron chi connectivity index (χ4n) is 5.73. The lowest BCUT2D eigenvalue weighted by atomic mass is 9.76. The van der Waals surface area contributed by atoms with Gasteiger partial charge in [0.05, 0.1) is 10.3 Å². The van der Waals surface area contributed by atoms with Gasteiger partial charge in [0.25, 0.3) is 0 Å². The van der Waals surface area contributed by atoms with Gasteiger partial charge in [-0.25, -0.2) is 4.98 Å². The number of aromatic nitrogens is 1. The molecular formula is C30H35NO16S. The van der Waals surface area contributed by atoms with Crippen molar-refractivity contribution in [3.63, 3.8) is 0 Å². The fraction of sp³-hybridized carbons (Fsp3) is 0.600. The second-order valence-corrected chi connectivity index (χ2v) is 12.2. The summed E-state index contributed by atoms with van der Waals surface area (Å²) in [6, 6.07) is 5.06. The molecule has 1 saturated carbocycles. The van der Waals surface area contributed by atoms with Gasteiger partial charge in [-0.1, -0.05) is 17.8 Å². The average Bonchev–Trinajstić information content (AvgIpc) is 2.97. The van der Waals surface area contributed by atoms with E-state index in [1.807, 2.05) is 0 Å². The number of rotatable bonds is 11. The highest BCUT2D eigenvalue weighted by Gasteiger charge is 2.66. The maximum Gasteiger partial charge on any atom is 0.313 e. The highest BCUT2D eigenvalue weighted by Crippen LogP contribution is 2.47. The van der Waals surface area contributed by atoms with E-state index in [0.29, 0.717) is 5.03 Å². The molecule has 3 aliphatic heterocycles. The quantitative estimate of drug-likeness (QED) is 0.226. The fourth-order valence-corrected chi connectivity index (χ4v) is 7.05. The largest absolute Gasteiger partial charge is 0.463 e. The van der Waals surface area contributed by atoms with Crippen LogP contribution in [0.3, 0.4) is 0 Å². The van der Waals surface area contributed by atoms with Crippen molar-refractivity contribution in [1.82, 2.24) is 4.98 Å². The molecule has 0 amide bonds. The molecule has 5 rings (SSSR count). The number of fused-ring (bicyclic) bond motifs is 3. The Hall–Kier alpha value is -4.29. The number of hydrogen-bond donors (Lipinski definition) is 0. The van der Waals surface area contributed by atoms with Gasteiger partial charge >= 0.3 is 41.8 Å². The summed E-state index contributed by atoms with van der Waals surface area (Å²) in [5.74, 6) is -6.91. The van der Waals surface area contributed by atoms with Crippen LogP contribution in [0.2, 0.25) is 0 Å². The van der Waals surface area contributed by atoms with E-state index < -0.39 is 115 Å². The highest BCUT2D eigenvalue weighted by molar-refractivity contribution is 8.00. The van der Waals surface area contributed by atoms with E-state index in [1.165, 1.54) is 13.1 Å². The van der Waals surface area contributed by atoms with Gasteiger partial charge in [-0.3, -0.25) is 33.6 Å². The summed E-state index contributed by atoms with van der Waals surface area (Å²) in [6.45, 7) is 6.05. The molecule has 0 N–H and O–H groups in total.